The minimum absolute atomic E-state index is 0.215. The van der Waals surface area contributed by atoms with Gasteiger partial charge in [0.1, 0.15) is 21.7 Å². The second-order valence-electron chi connectivity index (χ2n) is 5.82. The van der Waals surface area contributed by atoms with Crippen molar-refractivity contribution in [3.63, 3.8) is 0 Å². The molecule has 0 fully saturated rings. The van der Waals surface area contributed by atoms with E-state index in [1.54, 1.807) is 0 Å². The molecule has 0 saturated heterocycles. The maximum absolute atomic E-state index is 13.0. The molecule has 6 nitrogen and oxygen atoms in total. The van der Waals surface area contributed by atoms with Gasteiger partial charge in [-0.15, -0.1) is 0 Å². The summed E-state index contributed by atoms with van der Waals surface area (Å²) in [6.45, 7) is 0. The Morgan fingerprint density at radius 1 is 1.07 bits per heavy atom. The quantitative estimate of drug-likeness (QED) is 0.575. The van der Waals surface area contributed by atoms with Crippen LogP contribution in [0.3, 0.4) is 0 Å². The zero-order chi connectivity index (χ0) is 21.2. The fraction of sp³-hybridized carbons (Fsp3) is 0.158. The number of methoxy groups -OCH3 is 2. The van der Waals surface area contributed by atoms with E-state index in [9.17, 15) is 18.0 Å². The number of alkyl halides is 3. The van der Waals surface area contributed by atoms with Crippen molar-refractivity contribution in [2.75, 3.05) is 19.5 Å². The number of nitrogens with one attached hydrogen (secondary N) is 1. The van der Waals surface area contributed by atoms with Gasteiger partial charge in [0.15, 0.2) is 0 Å². The SMILES string of the molecule is COc1cc(C(=O)Nc2ccc(-n3nccc3C(F)(F)F)cc2)cc(OC)c1Br. The first-order chi connectivity index (χ1) is 13.7. The maximum Gasteiger partial charge on any atom is 0.433 e. The Kier molecular flexibility index (Phi) is 5.83. The number of hydrogen-bond donors (Lipinski definition) is 1. The van der Waals surface area contributed by atoms with E-state index in [1.807, 2.05) is 0 Å². The van der Waals surface area contributed by atoms with Gasteiger partial charge in [0.25, 0.3) is 5.91 Å². The van der Waals surface area contributed by atoms with Crippen LogP contribution in [-0.2, 0) is 6.18 Å². The molecule has 29 heavy (non-hydrogen) atoms. The molecule has 2 aromatic carbocycles. The van der Waals surface area contributed by atoms with Crippen LogP contribution in [0, 0.1) is 0 Å². The van der Waals surface area contributed by atoms with Crippen molar-refractivity contribution in [3.05, 3.63) is 64.4 Å². The van der Waals surface area contributed by atoms with Crippen LogP contribution in [0.5, 0.6) is 11.5 Å². The van der Waals surface area contributed by atoms with Crippen molar-refractivity contribution in [2.24, 2.45) is 0 Å². The summed E-state index contributed by atoms with van der Waals surface area (Å²) in [5.41, 5.74) is 0.0216. The first-order valence-corrected chi connectivity index (χ1v) is 8.98. The Morgan fingerprint density at radius 3 is 2.17 bits per heavy atom. The lowest BCUT2D eigenvalue weighted by Gasteiger charge is -2.13. The first-order valence-electron chi connectivity index (χ1n) is 8.19. The van der Waals surface area contributed by atoms with E-state index in [0.29, 0.717) is 21.7 Å². The minimum atomic E-state index is -4.52. The van der Waals surface area contributed by atoms with Crippen LogP contribution in [0.15, 0.2) is 53.1 Å². The lowest BCUT2D eigenvalue weighted by Crippen LogP contribution is -2.14. The molecule has 0 bridgehead atoms. The van der Waals surface area contributed by atoms with Crippen molar-refractivity contribution in [3.8, 4) is 17.2 Å². The summed E-state index contributed by atoms with van der Waals surface area (Å²) >= 11 is 3.33. The van der Waals surface area contributed by atoms with Crippen LogP contribution in [0.1, 0.15) is 16.1 Å². The molecule has 0 radical (unpaired) electrons. The van der Waals surface area contributed by atoms with E-state index in [-0.39, 0.29) is 11.3 Å². The highest BCUT2D eigenvalue weighted by molar-refractivity contribution is 9.10. The highest BCUT2D eigenvalue weighted by Crippen LogP contribution is 2.36. The van der Waals surface area contributed by atoms with Gasteiger partial charge in [-0.25, -0.2) is 4.68 Å². The number of nitrogens with zero attached hydrogens (tertiary/aromatic N) is 2. The third-order valence-electron chi connectivity index (χ3n) is 4.01. The fourth-order valence-electron chi connectivity index (χ4n) is 2.61. The van der Waals surface area contributed by atoms with Gasteiger partial charge in [0.05, 0.1) is 26.1 Å². The fourth-order valence-corrected chi connectivity index (χ4v) is 3.17. The number of carbonyl (C=O) groups excluding carboxylic acids is 1. The third kappa shape index (κ3) is 4.37. The van der Waals surface area contributed by atoms with Crippen molar-refractivity contribution in [1.29, 1.82) is 0 Å². The Labute approximate surface area is 172 Å². The molecule has 0 aliphatic carbocycles. The van der Waals surface area contributed by atoms with Crippen LogP contribution in [-0.4, -0.2) is 29.9 Å². The summed E-state index contributed by atoms with van der Waals surface area (Å²) in [6.07, 6.45) is -3.45. The molecule has 1 heterocycles. The summed E-state index contributed by atoms with van der Waals surface area (Å²) in [5.74, 6) is 0.406. The normalized spacial score (nSPS) is 11.2. The van der Waals surface area contributed by atoms with Gasteiger partial charge in [-0.1, -0.05) is 0 Å². The molecular formula is C19H15BrF3N3O3. The molecule has 152 valence electrons. The summed E-state index contributed by atoms with van der Waals surface area (Å²) in [4.78, 5) is 12.6. The number of carbonyl (C=O) groups is 1. The van der Waals surface area contributed by atoms with Crippen LogP contribution in [0.4, 0.5) is 18.9 Å². The second kappa shape index (κ2) is 8.16. The monoisotopic (exact) mass is 469 g/mol. The molecule has 0 unspecified atom stereocenters. The van der Waals surface area contributed by atoms with Crippen molar-refractivity contribution in [1.82, 2.24) is 9.78 Å². The summed E-state index contributed by atoms with van der Waals surface area (Å²) in [7, 11) is 2.93. The number of rotatable bonds is 5. The lowest BCUT2D eigenvalue weighted by molar-refractivity contribution is -0.142. The molecule has 0 atom stereocenters. The molecule has 3 rings (SSSR count). The van der Waals surface area contributed by atoms with Crippen molar-refractivity contribution >= 4 is 27.5 Å². The third-order valence-corrected chi connectivity index (χ3v) is 4.79. The Balaban J connectivity index is 1.82. The van der Waals surface area contributed by atoms with E-state index < -0.39 is 17.8 Å². The zero-order valence-electron chi connectivity index (χ0n) is 15.2. The van der Waals surface area contributed by atoms with Gasteiger partial charge < -0.3 is 14.8 Å². The van der Waals surface area contributed by atoms with E-state index in [2.05, 4.69) is 26.3 Å². The summed E-state index contributed by atoms with van der Waals surface area (Å²) in [6, 6.07) is 9.81. The van der Waals surface area contributed by atoms with Gasteiger partial charge in [-0.3, -0.25) is 4.79 Å². The minimum Gasteiger partial charge on any atom is -0.495 e. The largest absolute Gasteiger partial charge is 0.495 e. The molecule has 0 saturated carbocycles. The first kappa shape index (κ1) is 20.7. The van der Waals surface area contributed by atoms with E-state index in [4.69, 9.17) is 9.47 Å². The smallest absolute Gasteiger partial charge is 0.433 e. The highest BCUT2D eigenvalue weighted by atomic mass is 79.9. The zero-order valence-corrected chi connectivity index (χ0v) is 16.8. The molecule has 10 heteroatoms. The molecule has 0 spiro atoms. The number of hydrogen-bond acceptors (Lipinski definition) is 4. The van der Waals surface area contributed by atoms with Gasteiger partial charge in [0, 0.05) is 11.3 Å². The number of aromatic nitrogens is 2. The van der Waals surface area contributed by atoms with Crippen LogP contribution in [0.25, 0.3) is 5.69 Å². The Morgan fingerprint density at radius 2 is 1.66 bits per heavy atom. The number of ether oxygens (including phenoxy) is 2. The van der Waals surface area contributed by atoms with E-state index in [0.717, 1.165) is 16.9 Å². The molecule has 1 N–H and O–H groups in total. The molecule has 0 aliphatic heterocycles. The Bertz CT molecular complexity index is 1010. The topological polar surface area (TPSA) is 65.4 Å². The average molecular weight is 470 g/mol. The van der Waals surface area contributed by atoms with Crippen molar-refractivity contribution < 1.29 is 27.4 Å². The predicted octanol–water partition coefficient (Wildman–Crippen LogP) is 4.92. The highest BCUT2D eigenvalue weighted by Gasteiger charge is 2.35. The van der Waals surface area contributed by atoms with Crippen LogP contribution in [0.2, 0.25) is 0 Å². The lowest BCUT2D eigenvalue weighted by atomic mass is 10.1. The number of benzene rings is 2. The number of halogens is 4. The summed E-state index contributed by atoms with van der Waals surface area (Å²) in [5, 5.41) is 6.40. The average Bonchev–Trinajstić information content (AvgIpc) is 3.19. The molecule has 0 aliphatic rings. The molecular weight excluding hydrogens is 455 g/mol. The van der Waals surface area contributed by atoms with Gasteiger partial charge in [-0.05, 0) is 58.4 Å². The van der Waals surface area contributed by atoms with Gasteiger partial charge in [0.2, 0.25) is 0 Å². The number of anilines is 1. The molecule has 3 aromatic rings. The molecule has 1 amide bonds. The van der Waals surface area contributed by atoms with Gasteiger partial charge >= 0.3 is 6.18 Å². The van der Waals surface area contributed by atoms with E-state index >= 15 is 0 Å². The van der Waals surface area contributed by atoms with Crippen LogP contribution < -0.4 is 14.8 Å². The van der Waals surface area contributed by atoms with Crippen LogP contribution >= 0.6 is 15.9 Å². The standard InChI is InChI=1S/C19H15BrF3N3O3/c1-28-14-9-11(10-15(29-2)17(14)20)18(27)25-12-3-5-13(6-4-12)26-16(7-8-24-26)19(21,22)23/h3-10H,1-2H3,(H,25,27). The summed E-state index contributed by atoms with van der Waals surface area (Å²) < 4.78 is 50.8. The predicted molar refractivity (Wildman–Crippen MR) is 104 cm³/mol. The maximum atomic E-state index is 13.0. The number of amides is 1. The Hall–Kier alpha value is -3.01. The second-order valence-corrected chi connectivity index (χ2v) is 6.61. The van der Waals surface area contributed by atoms with E-state index in [1.165, 1.54) is 50.6 Å². The molecule has 1 aromatic heterocycles. The van der Waals surface area contributed by atoms with Crippen molar-refractivity contribution in [2.45, 2.75) is 6.18 Å². The van der Waals surface area contributed by atoms with Gasteiger partial charge in [-0.2, -0.15) is 18.3 Å².